The van der Waals surface area contributed by atoms with E-state index in [1.165, 1.54) is 19.3 Å². The van der Waals surface area contributed by atoms with Crippen molar-refractivity contribution in [3.8, 4) is 0 Å². The molecule has 0 spiro atoms. The van der Waals surface area contributed by atoms with Crippen molar-refractivity contribution in [2.24, 2.45) is 0 Å². The van der Waals surface area contributed by atoms with Gasteiger partial charge < -0.3 is 0 Å². The molecular weight excluding hydrogens is 214 g/mol. The molecule has 0 aliphatic carbocycles. The van der Waals surface area contributed by atoms with Crippen molar-refractivity contribution in [1.82, 2.24) is 25.2 Å². The summed E-state index contributed by atoms with van der Waals surface area (Å²) >= 11 is 0. The Balaban J connectivity index is 1.92. The maximum Gasteiger partial charge on any atom is 0.142 e. The number of nitrogens with one attached hydrogen (secondary N) is 1. The van der Waals surface area contributed by atoms with Gasteiger partial charge in [0, 0.05) is 18.6 Å². The van der Waals surface area contributed by atoms with E-state index in [2.05, 4.69) is 41.3 Å². The summed E-state index contributed by atoms with van der Waals surface area (Å²) in [5.74, 6) is 1.01. The first-order valence-electron chi connectivity index (χ1n) is 6.61. The number of aromatic nitrogens is 3. The maximum atomic E-state index is 4.28. The summed E-state index contributed by atoms with van der Waals surface area (Å²) < 4.78 is 1.94. The fourth-order valence-electron chi connectivity index (χ4n) is 2.58. The van der Waals surface area contributed by atoms with Crippen molar-refractivity contribution in [2.45, 2.75) is 65.2 Å². The third-order valence-electron chi connectivity index (χ3n) is 3.61. The molecule has 2 atom stereocenters. The number of aryl methyl sites for hydroxylation is 1. The molecular formula is C12H23N5. The lowest BCUT2D eigenvalue weighted by atomic mass is 10.00. The van der Waals surface area contributed by atoms with Crippen LogP contribution in [0.25, 0.3) is 0 Å². The van der Waals surface area contributed by atoms with Crippen molar-refractivity contribution in [3.05, 3.63) is 12.2 Å². The smallest absolute Gasteiger partial charge is 0.142 e. The molecule has 2 rings (SSSR count). The van der Waals surface area contributed by atoms with E-state index >= 15 is 0 Å². The Bertz CT molecular complexity index is 338. The maximum absolute atomic E-state index is 4.28. The Kier molecular flexibility index (Phi) is 4.12. The van der Waals surface area contributed by atoms with Gasteiger partial charge in [-0.15, -0.1) is 0 Å². The van der Waals surface area contributed by atoms with Gasteiger partial charge >= 0.3 is 0 Å². The monoisotopic (exact) mass is 237 g/mol. The fraction of sp³-hybridized carbons (Fsp3) is 0.833. The van der Waals surface area contributed by atoms with Crippen molar-refractivity contribution < 1.29 is 0 Å². The van der Waals surface area contributed by atoms with E-state index in [0.29, 0.717) is 12.1 Å². The van der Waals surface area contributed by atoms with E-state index in [0.717, 1.165) is 18.9 Å². The molecule has 2 unspecified atom stereocenters. The van der Waals surface area contributed by atoms with Crippen LogP contribution in [0.3, 0.4) is 0 Å². The van der Waals surface area contributed by atoms with Crippen molar-refractivity contribution in [1.29, 1.82) is 0 Å². The SMILES string of the molecule is CCn1ncnc1CNN1C(C)CCCC1C. The molecule has 0 saturated carbocycles. The van der Waals surface area contributed by atoms with Gasteiger partial charge in [-0.1, -0.05) is 6.42 Å². The molecule has 5 heteroatoms. The zero-order valence-corrected chi connectivity index (χ0v) is 11.1. The lowest BCUT2D eigenvalue weighted by Crippen LogP contribution is -2.51. The molecule has 1 aromatic rings. The summed E-state index contributed by atoms with van der Waals surface area (Å²) in [5, 5.41) is 6.56. The molecule has 96 valence electrons. The molecule has 0 bridgehead atoms. The average molecular weight is 237 g/mol. The predicted octanol–water partition coefficient (Wildman–Crippen LogP) is 1.57. The Morgan fingerprint density at radius 3 is 2.71 bits per heavy atom. The van der Waals surface area contributed by atoms with Gasteiger partial charge in [-0.2, -0.15) is 5.10 Å². The molecule has 5 nitrogen and oxygen atoms in total. The molecule has 0 aromatic carbocycles. The minimum absolute atomic E-state index is 0.608. The minimum atomic E-state index is 0.608. The average Bonchev–Trinajstić information content (AvgIpc) is 2.76. The second-order valence-corrected chi connectivity index (χ2v) is 4.86. The van der Waals surface area contributed by atoms with E-state index in [4.69, 9.17) is 0 Å². The van der Waals surface area contributed by atoms with E-state index < -0.39 is 0 Å². The van der Waals surface area contributed by atoms with Crippen LogP contribution in [0.15, 0.2) is 6.33 Å². The number of piperidine rings is 1. The Morgan fingerprint density at radius 1 is 1.35 bits per heavy atom. The van der Waals surface area contributed by atoms with E-state index in [1.54, 1.807) is 6.33 Å². The van der Waals surface area contributed by atoms with Gasteiger partial charge in [0.2, 0.25) is 0 Å². The summed E-state index contributed by atoms with van der Waals surface area (Å²) in [6.07, 6.45) is 5.52. The van der Waals surface area contributed by atoms with E-state index in [-0.39, 0.29) is 0 Å². The van der Waals surface area contributed by atoms with Crippen LogP contribution in [0, 0.1) is 0 Å². The number of hydrogen-bond acceptors (Lipinski definition) is 4. The lowest BCUT2D eigenvalue weighted by molar-refractivity contribution is 0.0421. The molecule has 1 saturated heterocycles. The third-order valence-corrected chi connectivity index (χ3v) is 3.61. The molecule has 1 aliphatic heterocycles. The van der Waals surface area contributed by atoms with Crippen LogP contribution in [-0.2, 0) is 13.1 Å². The normalized spacial score (nSPS) is 26.3. The van der Waals surface area contributed by atoms with E-state index in [9.17, 15) is 0 Å². The van der Waals surface area contributed by atoms with Gasteiger partial charge in [0.15, 0.2) is 0 Å². The molecule has 1 N–H and O–H groups in total. The largest absolute Gasteiger partial charge is 0.249 e. The number of nitrogens with zero attached hydrogens (tertiary/aromatic N) is 4. The Hall–Kier alpha value is -0.940. The zero-order valence-electron chi connectivity index (χ0n) is 11.1. The summed E-state index contributed by atoms with van der Waals surface area (Å²) in [7, 11) is 0. The molecule has 17 heavy (non-hydrogen) atoms. The second-order valence-electron chi connectivity index (χ2n) is 4.86. The quantitative estimate of drug-likeness (QED) is 0.863. The van der Waals surface area contributed by atoms with Crippen molar-refractivity contribution >= 4 is 0 Å². The topological polar surface area (TPSA) is 46.0 Å². The van der Waals surface area contributed by atoms with Crippen LogP contribution in [0.2, 0.25) is 0 Å². The zero-order chi connectivity index (χ0) is 12.3. The van der Waals surface area contributed by atoms with Crippen molar-refractivity contribution in [3.63, 3.8) is 0 Å². The van der Waals surface area contributed by atoms with E-state index in [1.807, 2.05) is 4.68 Å². The predicted molar refractivity (Wildman–Crippen MR) is 67.1 cm³/mol. The lowest BCUT2D eigenvalue weighted by Gasteiger charge is -2.39. The highest BCUT2D eigenvalue weighted by Gasteiger charge is 2.24. The molecule has 0 radical (unpaired) electrons. The number of hydrazine groups is 1. The van der Waals surface area contributed by atoms with Gasteiger partial charge in [-0.3, -0.25) is 0 Å². The van der Waals surface area contributed by atoms with Gasteiger partial charge in [-0.25, -0.2) is 20.1 Å². The van der Waals surface area contributed by atoms with Crippen LogP contribution >= 0.6 is 0 Å². The molecule has 2 heterocycles. The number of hydrogen-bond donors (Lipinski definition) is 1. The highest BCUT2D eigenvalue weighted by Crippen LogP contribution is 2.20. The molecule has 1 aliphatic rings. The minimum Gasteiger partial charge on any atom is -0.249 e. The highest BCUT2D eigenvalue weighted by atomic mass is 15.5. The fourth-order valence-corrected chi connectivity index (χ4v) is 2.58. The summed E-state index contributed by atoms with van der Waals surface area (Å²) in [4.78, 5) is 4.28. The van der Waals surface area contributed by atoms with Crippen molar-refractivity contribution in [2.75, 3.05) is 0 Å². The highest BCUT2D eigenvalue weighted by molar-refractivity contribution is 4.84. The third kappa shape index (κ3) is 2.84. The first-order chi connectivity index (χ1) is 8.22. The van der Waals surface area contributed by atoms with Gasteiger partial charge in [0.1, 0.15) is 12.2 Å². The molecule has 0 amide bonds. The summed E-state index contributed by atoms with van der Waals surface area (Å²) in [5.41, 5.74) is 3.51. The Labute approximate surface area is 103 Å². The first kappa shape index (κ1) is 12.5. The van der Waals surface area contributed by atoms with Crippen LogP contribution in [-0.4, -0.2) is 31.9 Å². The second kappa shape index (κ2) is 5.60. The van der Waals surface area contributed by atoms with Gasteiger partial charge in [-0.05, 0) is 33.6 Å². The van der Waals surface area contributed by atoms with Crippen LogP contribution in [0.4, 0.5) is 0 Å². The number of rotatable bonds is 4. The Morgan fingerprint density at radius 2 is 2.06 bits per heavy atom. The van der Waals surface area contributed by atoms with Gasteiger partial charge in [0.05, 0.1) is 6.54 Å². The summed E-state index contributed by atoms with van der Waals surface area (Å²) in [6.45, 7) is 8.30. The summed E-state index contributed by atoms with van der Waals surface area (Å²) in [6, 6.07) is 1.22. The van der Waals surface area contributed by atoms with Crippen LogP contribution in [0.5, 0.6) is 0 Å². The standard InChI is InChI=1S/C12H23N5/c1-4-16-12(13-9-15-16)8-14-17-10(2)6-5-7-11(17)3/h9-11,14H,4-8H2,1-3H3. The molecule has 1 fully saturated rings. The van der Waals surface area contributed by atoms with Crippen LogP contribution in [0.1, 0.15) is 45.9 Å². The molecule has 1 aromatic heterocycles. The van der Waals surface area contributed by atoms with Crippen LogP contribution < -0.4 is 5.43 Å². The first-order valence-corrected chi connectivity index (χ1v) is 6.61. The van der Waals surface area contributed by atoms with Gasteiger partial charge in [0.25, 0.3) is 0 Å².